The van der Waals surface area contributed by atoms with Gasteiger partial charge in [0.2, 0.25) is 0 Å². The van der Waals surface area contributed by atoms with Gasteiger partial charge in [-0.3, -0.25) is 0 Å². The summed E-state index contributed by atoms with van der Waals surface area (Å²) in [6.07, 6.45) is 3.65. The molecule has 4 heteroatoms. The summed E-state index contributed by atoms with van der Waals surface area (Å²) in [6.45, 7) is 2.84. The molecule has 1 amide bonds. The summed E-state index contributed by atoms with van der Waals surface area (Å²) >= 11 is 0. The SMILES string of the molecule is CC(O)[C@H]1CC[C@H](CNC(=O)OCc2ccccc2)CC1. The van der Waals surface area contributed by atoms with E-state index in [1.165, 1.54) is 0 Å². The van der Waals surface area contributed by atoms with Gasteiger partial charge in [-0.2, -0.15) is 0 Å². The number of alkyl carbamates (subject to hydrolysis) is 1. The number of hydrogen-bond donors (Lipinski definition) is 2. The van der Waals surface area contributed by atoms with Crippen LogP contribution < -0.4 is 5.32 Å². The predicted octanol–water partition coefficient (Wildman–Crippen LogP) is 3.10. The van der Waals surface area contributed by atoms with Crippen LogP contribution in [0, 0.1) is 11.8 Å². The number of hydrogen-bond acceptors (Lipinski definition) is 3. The summed E-state index contributed by atoms with van der Waals surface area (Å²) < 4.78 is 5.19. The lowest BCUT2D eigenvalue weighted by molar-refractivity contribution is 0.0870. The lowest BCUT2D eigenvalue weighted by Crippen LogP contribution is -2.33. The van der Waals surface area contributed by atoms with Crippen LogP contribution in [-0.2, 0) is 11.3 Å². The minimum Gasteiger partial charge on any atom is -0.445 e. The van der Waals surface area contributed by atoms with Crippen molar-refractivity contribution in [2.45, 2.75) is 45.3 Å². The molecule has 2 N–H and O–H groups in total. The molecule has 0 spiro atoms. The highest BCUT2D eigenvalue weighted by atomic mass is 16.5. The maximum absolute atomic E-state index is 11.7. The Bertz CT molecular complexity index is 425. The molecule has 1 aliphatic carbocycles. The third-order valence-electron chi connectivity index (χ3n) is 4.32. The molecule has 0 bridgehead atoms. The fourth-order valence-corrected chi connectivity index (χ4v) is 2.88. The number of amides is 1. The van der Waals surface area contributed by atoms with Crippen molar-refractivity contribution in [2.24, 2.45) is 11.8 Å². The van der Waals surface area contributed by atoms with E-state index in [0.29, 0.717) is 25.0 Å². The molecule has 4 nitrogen and oxygen atoms in total. The Kier molecular flexibility index (Phi) is 6.05. The second-order valence-corrected chi connectivity index (χ2v) is 5.96. The van der Waals surface area contributed by atoms with E-state index < -0.39 is 0 Å². The monoisotopic (exact) mass is 291 g/mol. The number of aliphatic hydroxyl groups is 1. The first-order chi connectivity index (χ1) is 10.1. The molecular weight excluding hydrogens is 266 g/mol. The minimum absolute atomic E-state index is 0.213. The maximum atomic E-state index is 11.7. The highest BCUT2D eigenvalue weighted by Gasteiger charge is 2.24. The van der Waals surface area contributed by atoms with Gasteiger partial charge in [0.1, 0.15) is 6.61 Å². The fraction of sp³-hybridized carbons (Fsp3) is 0.588. The largest absolute Gasteiger partial charge is 0.445 e. The Labute approximate surface area is 126 Å². The molecular formula is C17H25NO3. The van der Waals surface area contributed by atoms with Crippen LogP contribution in [0.2, 0.25) is 0 Å². The Balaban J connectivity index is 1.61. The summed E-state index contributed by atoms with van der Waals surface area (Å²) in [4.78, 5) is 11.7. The van der Waals surface area contributed by atoms with E-state index in [4.69, 9.17) is 4.74 Å². The summed E-state index contributed by atoms with van der Waals surface area (Å²) in [5, 5.41) is 12.4. The van der Waals surface area contributed by atoms with Crippen LogP contribution >= 0.6 is 0 Å². The lowest BCUT2D eigenvalue weighted by atomic mass is 9.80. The van der Waals surface area contributed by atoms with Gasteiger partial charge in [-0.05, 0) is 50.0 Å². The molecule has 0 aromatic heterocycles. The van der Waals surface area contributed by atoms with Gasteiger partial charge in [0.05, 0.1) is 6.10 Å². The van der Waals surface area contributed by atoms with Crippen molar-refractivity contribution >= 4 is 6.09 Å². The molecule has 0 radical (unpaired) electrons. The number of carbonyl (C=O) groups excluding carboxylic acids is 1. The molecule has 116 valence electrons. The first kappa shape index (κ1) is 15.8. The van der Waals surface area contributed by atoms with Crippen molar-refractivity contribution in [2.75, 3.05) is 6.54 Å². The van der Waals surface area contributed by atoms with Crippen molar-refractivity contribution < 1.29 is 14.6 Å². The van der Waals surface area contributed by atoms with E-state index >= 15 is 0 Å². The highest BCUT2D eigenvalue weighted by Crippen LogP contribution is 2.30. The van der Waals surface area contributed by atoms with Gasteiger partial charge in [-0.1, -0.05) is 30.3 Å². The van der Waals surface area contributed by atoms with Crippen LogP contribution in [0.4, 0.5) is 4.79 Å². The summed E-state index contributed by atoms with van der Waals surface area (Å²) in [6, 6.07) is 9.66. The number of benzene rings is 1. The van der Waals surface area contributed by atoms with Crippen molar-refractivity contribution in [1.29, 1.82) is 0 Å². The van der Waals surface area contributed by atoms with Crippen molar-refractivity contribution in [3.8, 4) is 0 Å². The first-order valence-corrected chi connectivity index (χ1v) is 7.77. The number of nitrogens with one attached hydrogen (secondary N) is 1. The zero-order valence-electron chi connectivity index (χ0n) is 12.6. The molecule has 1 aromatic carbocycles. The maximum Gasteiger partial charge on any atom is 0.407 e. The third kappa shape index (κ3) is 5.38. The normalized spacial score (nSPS) is 23.3. The topological polar surface area (TPSA) is 58.6 Å². The molecule has 1 unspecified atom stereocenters. The first-order valence-electron chi connectivity index (χ1n) is 7.77. The predicted molar refractivity (Wildman–Crippen MR) is 81.8 cm³/mol. The molecule has 1 saturated carbocycles. The number of carbonyl (C=O) groups is 1. The number of aliphatic hydroxyl groups excluding tert-OH is 1. The van der Waals surface area contributed by atoms with Crippen LogP contribution in [0.25, 0.3) is 0 Å². The van der Waals surface area contributed by atoms with Gasteiger partial charge >= 0.3 is 6.09 Å². The molecule has 1 aliphatic rings. The van der Waals surface area contributed by atoms with Gasteiger partial charge < -0.3 is 15.2 Å². The Morgan fingerprint density at radius 2 is 1.95 bits per heavy atom. The van der Waals surface area contributed by atoms with Crippen molar-refractivity contribution in [3.63, 3.8) is 0 Å². The van der Waals surface area contributed by atoms with Gasteiger partial charge in [-0.25, -0.2) is 4.79 Å². The highest BCUT2D eigenvalue weighted by molar-refractivity contribution is 5.67. The lowest BCUT2D eigenvalue weighted by Gasteiger charge is -2.30. The molecule has 1 aromatic rings. The number of ether oxygens (including phenoxy) is 1. The van der Waals surface area contributed by atoms with Crippen molar-refractivity contribution in [1.82, 2.24) is 5.32 Å². The smallest absolute Gasteiger partial charge is 0.407 e. The van der Waals surface area contributed by atoms with E-state index in [9.17, 15) is 9.90 Å². The zero-order chi connectivity index (χ0) is 15.1. The number of rotatable bonds is 5. The van der Waals surface area contributed by atoms with Gasteiger partial charge in [0, 0.05) is 6.54 Å². The van der Waals surface area contributed by atoms with Gasteiger partial charge in [-0.15, -0.1) is 0 Å². The van der Waals surface area contributed by atoms with Gasteiger partial charge in [0.15, 0.2) is 0 Å². The summed E-state index contributed by atoms with van der Waals surface area (Å²) in [5.74, 6) is 0.926. The third-order valence-corrected chi connectivity index (χ3v) is 4.32. The second-order valence-electron chi connectivity index (χ2n) is 5.96. The Morgan fingerprint density at radius 1 is 1.29 bits per heavy atom. The standard InChI is InChI=1S/C17H25NO3/c1-13(19)16-9-7-14(8-10-16)11-18-17(20)21-12-15-5-3-2-4-6-15/h2-6,13-14,16,19H,7-12H2,1H3,(H,18,20)/t13?,14-,16-. The van der Waals surface area contributed by atoms with E-state index in [0.717, 1.165) is 31.2 Å². The molecule has 1 atom stereocenters. The molecule has 0 saturated heterocycles. The average Bonchev–Trinajstić information content (AvgIpc) is 2.52. The fourth-order valence-electron chi connectivity index (χ4n) is 2.88. The van der Waals surface area contributed by atoms with Crippen LogP contribution in [-0.4, -0.2) is 23.8 Å². The Hall–Kier alpha value is -1.55. The van der Waals surface area contributed by atoms with Crippen LogP contribution in [0.5, 0.6) is 0 Å². The summed E-state index contributed by atoms with van der Waals surface area (Å²) in [5.41, 5.74) is 0.991. The zero-order valence-corrected chi connectivity index (χ0v) is 12.6. The molecule has 1 fully saturated rings. The molecule has 2 rings (SSSR count). The molecule has 21 heavy (non-hydrogen) atoms. The van der Waals surface area contributed by atoms with Crippen LogP contribution in [0.1, 0.15) is 38.2 Å². The Morgan fingerprint density at radius 3 is 2.57 bits per heavy atom. The summed E-state index contributed by atoms with van der Waals surface area (Å²) in [7, 11) is 0. The van der Waals surface area contributed by atoms with E-state index in [-0.39, 0.29) is 12.2 Å². The second kappa shape index (κ2) is 8.03. The quantitative estimate of drug-likeness (QED) is 0.876. The van der Waals surface area contributed by atoms with Gasteiger partial charge in [0.25, 0.3) is 0 Å². The van der Waals surface area contributed by atoms with Crippen LogP contribution in [0.15, 0.2) is 30.3 Å². The molecule has 0 aliphatic heterocycles. The van der Waals surface area contributed by atoms with Crippen molar-refractivity contribution in [3.05, 3.63) is 35.9 Å². The van der Waals surface area contributed by atoms with E-state index in [1.54, 1.807) is 0 Å². The van der Waals surface area contributed by atoms with E-state index in [1.807, 2.05) is 37.3 Å². The molecule has 0 heterocycles. The minimum atomic E-state index is -0.350. The average molecular weight is 291 g/mol. The van der Waals surface area contributed by atoms with Crippen LogP contribution in [0.3, 0.4) is 0 Å². The van der Waals surface area contributed by atoms with E-state index in [2.05, 4.69) is 5.32 Å².